The predicted octanol–water partition coefficient (Wildman–Crippen LogP) is 2.22. The van der Waals surface area contributed by atoms with Gasteiger partial charge in [0.25, 0.3) is 0 Å². The molecule has 2 heterocycles. The van der Waals surface area contributed by atoms with Crippen LogP contribution in [-0.4, -0.2) is 74.7 Å². The Balaban J connectivity index is 1.60. The first-order chi connectivity index (χ1) is 16.5. The van der Waals surface area contributed by atoms with Crippen LogP contribution in [0.25, 0.3) is 0 Å². The fraction of sp³-hybridized carbons (Fsp3) is 0.583. The van der Waals surface area contributed by atoms with Crippen LogP contribution in [0.15, 0.2) is 43.0 Å². The molecule has 34 heavy (non-hydrogen) atoms. The third kappa shape index (κ3) is 7.25. The number of hydrogen-bond donors (Lipinski definition) is 2. The molecule has 0 aliphatic carbocycles. The van der Waals surface area contributed by atoms with E-state index in [9.17, 15) is 14.7 Å². The highest BCUT2D eigenvalue weighted by molar-refractivity contribution is 5.69. The number of carbonyl (C=O) groups excluding carboxylic acids is 2. The molecule has 3 rings (SSSR count). The van der Waals surface area contributed by atoms with Crippen LogP contribution >= 0.6 is 0 Å². The monoisotopic (exact) mass is 479 g/mol. The maximum Gasteiger partial charge on any atom is 0.407 e. The highest BCUT2D eigenvalue weighted by atomic mass is 16.7. The smallest absolute Gasteiger partial charge is 0.407 e. The van der Waals surface area contributed by atoms with E-state index in [1.807, 2.05) is 30.3 Å². The summed E-state index contributed by atoms with van der Waals surface area (Å²) in [7, 11) is 1.36. The fourth-order valence-corrected chi connectivity index (χ4v) is 3.83. The first-order valence-corrected chi connectivity index (χ1v) is 11.4. The van der Waals surface area contributed by atoms with E-state index in [1.165, 1.54) is 13.2 Å². The number of alkyl carbamates (subject to hydrolysis) is 1. The molecular formula is C24H33NO9. The lowest BCUT2D eigenvalue weighted by Crippen LogP contribution is -2.66. The average molecular weight is 480 g/mol. The van der Waals surface area contributed by atoms with Gasteiger partial charge >= 0.3 is 12.1 Å². The quantitative estimate of drug-likeness (QED) is 0.279. The van der Waals surface area contributed by atoms with Crippen molar-refractivity contribution in [2.75, 3.05) is 26.9 Å². The van der Waals surface area contributed by atoms with Crippen LogP contribution in [0.4, 0.5) is 4.79 Å². The molecule has 0 unspecified atom stereocenters. The molecule has 10 heteroatoms. The Bertz CT molecular complexity index is 790. The Labute approximate surface area is 199 Å². The Morgan fingerprint density at radius 2 is 2.00 bits per heavy atom. The van der Waals surface area contributed by atoms with Crippen molar-refractivity contribution in [3.8, 4) is 0 Å². The van der Waals surface area contributed by atoms with E-state index in [1.54, 1.807) is 0 Å². The summed E-state index contributed by atoms with van der Waals surface area (Å²) in [5, 5.41) is 13.7. The molecule has 2 N–H and O–H groups in total. The maximum atomic E-state index is 12.2. The predicted molar refractivity (Wildman–Crippen MR) is 120 cm³/mol. The van der Waals surface area contributed by atoms with Gasteiger partial charge in [0.2, 0.25) is 0 Å². The molecule has 10 nitrogen and oxygen atoms in total. The molecule has 2 saturated heterocycles. The van der Waals surface area contributed by atoms with E-state index in [0.29, 0.717) is 25.9 Å². The van der Waals surface area contributed by atoms with Gasteiger partial charge in [-0.25, -0.2) is 4.79 Å². The molecule has 2 aliphatic heterocycles. The van der Waals surface area contributed by atoms with Gasteiger partial charge in [0.15, 0.2) is 12.6 Å². The highest BCUT2D eigenvalue weighted by Crippen LogP contribution is 2.34. The zero-order chi connectivity index (χ0) is 24.3. The van der Waals surface area contributed by atoms with Crippen LogP contribution in [0.3, 0.4) is 0 Å². The van der Waals surface area contributed by atoms with Gasteiger partial charge in [0.1, 0.15) is 31.0 Å². The van der Waals surface area contributed by atoms with Crippen LogP contribution in [0.1, 0.15) is 37.5 Å². The summed E-state index contributed by atoms with van der Waals surface area (Å²) in [6.07, 6.45) is -0.919. The van der Waals surface area contributed by atoms with Crippen LogP contribution in [-0.2, 0) is 33.2 Å². The van der Waals surface area contributed by atoms with Gasteiger partial charge < -0.3 is 38.8 Å². The van der Waals surface area contributed by atoms with Gasteiger partial charge in [-0.1, -0.05) is 49.4 Å². The van der Waals surface area contributed by atoms with Crippen molar-refractivity contribution in [3.05, 3.63) is 48.6 Å². The summed E-state index contributed by atoms with van der Waals surface area (Å²) in [6.45, 7) is 4.03. The lowest BCUT2D eigenvalue weighted by atomic mass is 9.96. The molecule has 0 spiro atoms. The number of amides is 1. The number of fused-ring (bicyclic) bond motifs is 1. The van der Waals surface area contributed by atoms with Crippen molar-refractivity contribution in [2.24, 2.45) is 0 Å². The number of benzene rings is 1. The number of carbonyl (C=O) groups is 2. The number of ether oxygens (including phenoxy) is 6. The van der Waals surface area contributed by atoms with E-state index < -0.39 is 43.0 Å². The fourth-order valence-electron chi connectivity index (χ4n) is 3.83. The van der Waals surface area contributed by atoms with E-state index in [4.69, 9.17) is 23.7 Å². The number of aliphatic hydroxyl groups excluding tert-OH is 1. The van der Waals surface area contributed by atoms with Gasteiger partial charge in [-0.05, 0) is 12.8 Å². The van der Waals surface area contributed by atoms with Crippen LogP contribution < -0.4 is 5.32 Å². The highest BCUT2D eigenvalue weighted by Gasteiger charge is 2.50. The normalized spacial score (nSPS) is 28.4. The number of hydrogen-bond acceptors (Lipinski definition) is 9. The average Bonchev–Trinajstić information content (AvgIpc) is 2.87. The van der Waals surface area contributed by atoms with Gasteiger partial charge in [-0.15, -0.1) is 0 Å². The summed E-state index contributed by atoms with van der Waals surface area (Å²) < 4.78 is 33.4. The summed E-state index contributed by atoms with van der Waals surface area (Å²) in [5.41, 5.74) is 0.813. The van der Waals surface area contributed by atoms with Crippen LogP contribution in [0, 0.1) is 0 Å². The standard InChI is InChI=1S/C24H33NO9/c1-3-13-31-24(28)25-19-20(27)21-17(15-32-22(34-21)16-10-6-4-7-11-16)33-23(19)30-14-9-5-8-12-18(26)29-2/h3-4,6-7,10-11,17,19-23,27H,1,5,8-9,12-15H2,2H3,(H,25,28)/t17-,19-,20-,21-,22+,23-/m1/s1. The van der Waals surface area contributed by atoms with Crippen LogP contribution in [0.2, 0.25) is 0 Å². The Morgan fingerprint density at radius 3 is 2.74 bits per heavy atom. The number of methoxy groups -OCH3 is 1. The van der Waals surface area contributed by atoms with Gasteiger partial charge in [-0.2, -0.15) is 0 Å². The molecule has 0 saturated carbocycles. The van der Waals surface area contributed by atoms with Crippen molar-refractivity contribution >= 4 is 12.1 Å². The van der Waals surface area contributed by atoms with E-state index >= 15 is 0 Å². The topological polar surface area (TPSA) is 122 Å². The minimum Gasteiger partial charge on any atom is -0.469 e. The first kappa shape index (κ1) is 26.1. The molecule has 0 aromatic heterocycles. The Hall–Kier alpha value is -2.50. The summed E-state index contributed by atoms with van der Waals surface area (Å²) in [5.74, 6) is -0.251. The minimum atomic E-state index is -1.13. The molecule has 1 aromatic carbocycles. The molecule has 1 aromatic rings. The summed E-state index contributed by atoms with van der Waals surface area (Å²) in [4.78, 5) is 23.4. The number of rotatable bonds is 11. The zero-order valence-corrected chi connectivity index (χ0v) is 19.3. The lowest BCUT2D eigenvalue weighted by Gasteiger charge is -2.47. The molecule has 2 fully saturated rings. The molecule has 6 atom stereocenters. The summed E-state index contributed by atoms with van der Waals surface area (Å²) >= 11 is 0. The van der Waals surface area contributed by atoms with Crippen molar-refractivity contribution in [1.82, 2.24) is 5.32 Å². The third-order valence-corrected chi connectivity index (χ3v) is 5.59. The minimum absolute atomic E-state index is 0.0215. The van der Waals surface area contributed by atoms with Crippen molar-refractivity contribution in [3.63, 3.8) is 0 Å². The summed E-state index contributed by atoms with van der Waals surface area (Å²) in [6, 6.07) is 8.45. The van der Waals surface area contributed by atoms with Crippen molar-refractivity contribution < 1.29 is 43.1 Å². The zero-order valence-electron chi connectivity index (χ0n) is 19.3. The largest absolute Gasteiger partial charge is 0.469 e. The van der Waals surface area contributed by atoms with Gasteiger partial charge in [0, 0.05) is 18.6 Å². The van der Waals surface area contributed by atoms with E-state index in [-0.39, 0.29) is 19.2 Å². The second-order valence-electron chi connectivity index (χ2n) is 8.03. The number of esters is 1. The van der Waals surface area contributed by atoms with Crippen LogP contribution in [0.5, 0.6) is 0 Å². The number of nitrogens with one attached hydrogen (secondary N) is 1. The van der Waals surface area contributed by atoms with E-state index in [0.717, 1.165) is 12.0 Å². The molecular weight excluding hydrogens is 446 g/mol. The maximum absolute atomic E-state index is 12.2. The van der Waals surface area contributed by atoms with E-state index in [2.05, 4.69) is 16.6 Å². The van der Waals surface area contributed by atoms with Gasteiger partial charge in [0.05, 0.1) is 13.7 Å². The first-order valence-electron chi connectivity index (χ1n) is 11.4. The second-order valence-corrected chi connectivity index (χ2v) is 8.03. The number of unbranched alkanes of at least 4 members (excludes halogenated alkanes) is 2. The Morgan fingerprint density at radius 1 is 1.21 bits per heavy atom. The SMILES string of the molecule is C=CCOC(=O)N[C@H]1[C@H](OCCCCCC(=O)OC)O[C@@H]2CO[C@H](c3ccccc3)O[C@H]2[C@@H]1O. The van der Waals surface area contributed by atoms with Gasteiger partial charge in [-0.3, -0.25) is 4.79 Å². The molecule has 0 radical (unpaired) electrons. The molecule has 188 valence electrons. The Kier molecular flexibility index (Phi) is 10.3. The van der Waals surface area contributed by atoms with Crippen molar-refractivity contribution in [2.45, 2.75) is 62.6 Å². The molecule has 2 aliphatic rings. The third-order valence-electron chi connectivity index (χ3n) is 5.59. The molecule has 1 amide bonds. The second kappa shape index (κ2) is 13.4. The molecule has 0 bridgehead atoms. The lowest BCUT2D eigenvalue weighted by molar-refractivity contribution is -0.344. The number of aliphatic hydroxyl groups is 1. The van der Waals surface area contributed by atoms with Crippen molar-refractivity contribution in [1.29, 1.82) is 0 Å².